The number of carbonyl (C=O) groups is 1. The fourth-order valence-corrected chi connectivity index (χ4v) is 4.23. The molecule has 2 aliphatic rings. The summed E-state index contributed by atoms with van der Waals surface area (Å²) in [6.07, 6.45) is 6.29. The Kier molecular flexibility index (Phi) is 7.87. The topological polar surface area (TPSA) is 66.0 Å². The van der Waals surface area contributed by atoms with Crippen LogP contribution in [0.3, 0.4) is 0 Å². The summed E-state index contributed by atoms with van der Waals surface area (Å²) < 4.78 is 5.75. The summed E-state index contributed by atoms with van der Waals surface area (Å²) in [4.78, 5) is 18.5. The van der Waals surface area contributed by atoms with E-state index in [4.69, 9.17) is 4.74 Å². The minimum Gasteiger partial charge on any atom is -0.381 e. The number of hydrogen-bond donors (Lipinski definition) is 2. The van der Waals surface area contributed by atoms with Gasteiger partial charge in [-0.25, -0.2) is 0 Å². The molecule has 7 heteroatoms. The Balaban J connectivity index is 1.78. The predicted molar refractivity (Wildman–Crippen MR) is 105 cm³/mol. The smallest absolute Gasteiger partial charge is 0.225 e. The van der Waals surface area contributed by atoms with Crippen molar-refractivity contribution in [1.82, 2.24) is 15.5 Å². The van der Waals surface area contributed by atoms with Gasteiger partial charge in [0.1, 0.15) is 0 Å². The zero-order valence-electron chi connectivity index (χ0n) is 16.1. The van der Waals surface area contributed by atoms with Gasteiger partial charge in [-0.15, -0.1) is 0 Å². The molecule has 2 rings (SSSR count). The van der Waals surface area contributed by atoms with Crippen molar-refractivity contribution in [2.45, 2.75) is 50.3 Å². The van der Waals surface area contributed by atoms with E-state index < -0.39 is 0 Å². The van der Waals surface area contributed by atoms with Gasteiger partial charge >= 0.3 is 0 Å². The fourth-order valence-electron chi connectivity index (χ4n) is 3.44. The highest BCUT2D eigenvalue weighted by molar-refractivity contribution is 8.00. The largest absolute Gasteiger partial charge is 0.381 e. The second-order valence-corrected chi connectivity index (χ2v) is 8.60. The molecule has 25 heavy (non-hydrogen) atoms. The van der Waals surface area contributed by atoms with E-state index in [1.165, 1.54) is 0 Å². The van der Waals surface area contributed by atoms with Crippen molar-refractivity contribution in [3.05, 3.63) is 0 Å². The summed E-state index contributed by atoms with van der Waals surface area (Å²) in [5.41, 5.74) is 0. The molecule has 0 bridgehead atoms. The van der Waals surface area contributed by atoms with E-state index in [0.29, 0.717) is 6.04 Å². The molecule has 2 heterocycles. The van der Waals surface area contributed by atoms with Gasteiger partial charge in [-0.2, -0.15) is 11.8 Å². The van der Waals surface area contributed by atoms with Gasteiger partial charge in [-0.3, -0.25) is 9.79 Å². The molecule has 0 spiro atoms. The van der Waals surface area contributed by atoms with Gasteiger partial charge in [-0.1, -0.05) is 13.8 Å². The SMILES string of the molecule is CN=C(NCC1(SC)CCOCC1)NC1CCN(C(=O)C(C)C)CC1. The first-order valence-electron chi connectivity index (χ1n) is 9.38. The average Bonchev–Trinajstić information content (AvgIpc) is 2.65. The molecule has 0 unspecified atom stereocenters. The number of likely N-dealkylation sites (tertiary alicyclic amines) is 1. The van der Waals surface area contributed by atoms with E-state index in [2.05, 4.69) is 21.9 Å². The van der Waals surface area contributed by atoms with Gasteiger partial charge in [0.25, 0.3) is 0 Å². The van der Waals surface area contributed by atoms with E-state index >= 15 is 0 Å². The van der Waals surface area contributed by atoms with Crippen LogP contribution >= 0.6 is 11.8 Å². The second-order valence-electron chi connectivity index (χ2n) is 7.32. The fraction of sp³-hybridized carbons (Fsp3) is 0.889. The predicted octanol–water partition coefficient (Wildman–Crippen LogP) is 1.71. The lowest BCUT2D eigenvalue weighted by Gasteiger charge is -2.37. The van der Waals surface area contributed by atoms with Crippen LogP contribution in [-0.4, -0.2) is 73.7 Å². The molecule has 2 aliphatic heterocycles. The van der Waals surface area contributed by atoms with Crippen LogP contribution in [0.5, 0.6) is 0 Å². The molecule has 0 aromatic carbocycles. The van der Waals surface area contributed by atoms with Gasteiger partial charge < -0.3 is 20.3 Å². The Morgan fingerprint density at radius 2 is 1.96 bits per heavy atom. The van der Waals surface area contributed by atoms with E-state index in [9.17, 15) is 4.79 Å². The Hall–Kier alpha value is -0.950. The Labute approximate surface area is 156 Å². The molecular weight excluding hydrogens is 336 g/mol. The molecule has 0 aliphatic carbocycles. The van der Waals surface area contributed by atoms with E-state index in [-0.39, 0.29) is 16.6 Å². The van der Waals surface area contributed by atoms with E-state index in [1.54, 1.807) is 0 Å². The number of ether oxygens (including phenoxy) is 1. The minimum absolute atomic E-state index is 0.0844. The number of rotatable bonds is 5. The highest BCUT2D eigenvalue weighted by Crippen LogP contribution is 2.32. The molecular formula is C18H34N4O2S. The summed E-state index contributed by atoms with van der Waals surface area (Å²) in [6, 6.07) is 0.377. The third-order valence-corrected chi connectivity index (χ3v) is 6.70. The van der Waals surface area contributed by atoms with Gasteiger partial charge in [0.05, 0.1) is 0 Å². The van der Waals surface area contributed by atoms with E-state index in [1.807, 2.05) is 37.6 Å². The summed E-state index contributed by atoms with van der Waals surface area (Å²) in [5, 5.41) is 7.05. The molecule has 0 aromatic rings. The first-order valence-corrected chi connectivity index (χ1v) is 10.6. The lowest BCUT2D eigenvalue weighted by atomic mass is 9.99. The first-order chi connectivity index (χ1) is 12.0. The van der Waals surface area contributed by atoms with Crippen LogP contribution in [0.4, 0.5) is 0 Å². The maximum atomic E-state index is 12.1. The monoisotopic (exact) mass is 370 g/mol. The highest BCUT2D eigenvalue weighted by Gasteiger charge is 2.32. The molecule has 1 amide bonds. The van der Waals surface area contributed by atoms with Crippen LogP contribution in [0.15, 0.2) is 4.99 Å². The quantitative estimate of drug-likeness (QED) is 0.570. The number of hydrogen-bond acceptors (Lipinski definition) is 4. The minimum atomic E-state index is 0.0844. The summed E-state index contributed by atoms with van der Waals surface area (Å²) >= 11 is 1.93. The number of nitrogens with zero attached hydrogens (tertiary/aromatic N) is 2. The lowest BCUT2D eigenvalue weighted by molar-refractivity contribution is -0.135. The number of aliphatic imine (C=N–C) groups is 1. The van der Waals surface area contributed by atoms with Crippen LogP contribution in [0.25, 0.3) is 0 Å². The van der Waals surface area contributed by atoms with Gasteiger partial charge in [0, 0.05) is 56.6 Å². The normalized spacial score (nSPS) is 22.1. The van der Waals surface area contributed by atoms with Crippen LogP contribution in [0.1, 0.15) is 39.5 Å². The number of carbonyl (C=O) groups excluding carboxylic acids is 1. The molecule has 0 radical (unpaired) electrons. The van der Waals surface area contributed by atoms with Crippen LogP contribution in [0.2, 0.25) is 0 Å². The number of guanidine groups is 1. The van der Waals surface area contributed by atoms with Gasteiger partial charge in [-0.05, 0) is 31.9 Å². The summed E-state index contributed by atoms with van der Waals surface area (Å²) in [7, 11) is 1.82. The number of amides is 1. The van der Waals surface area contributed by atoms with Crippen molar-refractivity contribution in [2.75, 3.05) is 46.2 Å². The number of piperidine rings is 1. The van der Waals surface area contributed by atoms with Crippen LogP contribution in [-0.2, 0) is 9.53 Å². The highest BCUT2D eigenvalue weighted by atomic mass is 32.2. The zero-order valence-corrected chi connectivity index (χ0v) is 17.0. The lowest BCUT2D eigenvalue weighted by Crippen LogP contribution is -2.53. The maximum absolute atomic E-state index is 12.1. The second kappa shape index (κ2) is 9.67. The number of thioether (sulfide) groups is 1. The Morgan fingerprint density at radius 3 is 2.48 bits per heavy atom. The molecule has 0 aromatic heterocycles. The Bertz CT molecular complexity index is 456. The molecule has 0 atom stereocenters. The molecule has 2 fully saturated rings. The third-order valence-electron chi connectivity index (χ3n) is 5.28. The van der Waals surface area contributed by atoms with Crippen molar-refractivity contribution < 1.29 is 9.53 Å². The van der Waals surface area contributed by atoms with Crippen molar-refractivity contribution in [2.24, 2.45) is 10.9 Å². The van der Waals surface area contributed by atoms with Gasteiger partial charge in [0.2, 0.25) is 5.91 Å². The maximum Gasteiger partial charge on any atom is 0.225 e. The summed E-state index contributed by atoms with van der Waals surface area (Å²) in [5.74, 6) is 1.22. The molecule has 0 saturated carbocycles. The molecule has 2 N–H and O–H groups in total. The molecule has 6 nitrogen and oxygen atoms in total. The van der Waals surface area contributed by atoms with Gasteiger partial charge in [0.15, 0.2) is 5.96 Å². The van der Waals surface area contributed by atoms with Crippen molar-refractivity contribution in [1.29, 1.82) is 0 Å². The summed E-state index contributed by atoms with van der Waals surface area (Å²) in [6.45, 7) is 8.19. The van der Waals surface area contributed by atoms with Crippen molar-refractivity contribution >= 4 is 23.6 Å². The number of nitrogens with one attached hydrogen (secondary N) is 2. The Morgan fingerprint density at radius 1 is 1.32 bits per heavy atom. The van der Waals surface area contributed by atoms with E-state index in [0.717, 1.165) is 64.5 Å². The molecule has 2 saturated heterocycles. The standard InChI is InChI=1S/C18H34N4O2S/c1-14(2)16(23)22-9-5-15(6-10-22)21-17(19-3)20-13-18(25-4)7-11-24-12-8-18/h14-15H,5-13H2,1-4H3,(H2,19,20,21). The molecule has 144 valence electrons. The average molecular weight is 371 g/mol. The van der Waals surface area contributed by atoms with Crippen LogP contribution < -0.4 is 10.6 Å². The third kappa shape index (κ3) is 5.78. The van der Waals surface area contributed by atoms with Crippen molar-refractivity contribution in [3.8, 4) is 0 Å². The first kappa shape index (κ1) is 20.4. The van der Waals surface area contributed by atoms with Crippen molar-refractivity contribution in [3.63, 3.8) is 0 Å². The zero-order chi connectivity index (χ0) is 18.3. The van der Waals surface area contributed by atoms with Crippen LogP contribution in [0, 0.1) is 5.92 Å².